The van der Waals surface area contributed by atoms with Crippen LogP contribution >= 0.6 is 11.6 Å². The second-order valence-electron chi connectivity index (χ2n) is 6.65. The summed E-state index contributed by atoms with van der Waals surface area (Å²) < 4.78 is 29.2. The largest absolute Gasteiger partial charge is 0.372 e. The van der Waals surface area contributed by atoms with E-state index in [1.54, 1.807) is 26.1 Å². The number of anilines is 2. The molecule has 1 aromatic carbocycles. The normalized spacial score (nSPS) is 16.2. The van der Waals surface area contributed by atoms with Crippen molar-refractivity contribution in [3.63, 3.8) is 0 Å². The summed E-state index contributed by atoms with van der Waals surface area (Å²) in [5.41, 5.74) is 2.00. The van der Waals surface area contributed by atoms with E-state index in [9.17, 15) is 8.42 Å². The van der Waals surface area contributed by atoms with Crippen molar-refractivity contribution >= 4 is 33.0 Å². The van der Waals surface area contributed by atoms with Gasteiger partial charge in [-0.25, -0.2) is 8.42 Å². The van der Waals surface area contributed by atoms with Gasteiger partial charge in [0, 0.05) is 31.5 Å². The molecule has 1 aliphatic heterocycles. The van der Waals surface area contributed by atoms with Crippen LogP contribution in [0.15, 0.2) is 29.2 Å². The van der Waals surface area contributed by atoms with Crippen LogP contribution in [0.2, 0.25) is 5.15 Å². The van der Waals surface area contributed by atoms with Crippen molar-refractivity contribution in [3.8, 4) is 0 Å². The lowest BCUT2D eigenvalue weighted by Gasteiger charge is -2.32. The molecule has 0 saturated carbocycles. The van der Waals surface area contributed by atoms with Crippen molar-refractivity contribution in [1.82, 2.24) is 9.78 Å². The molecule has 3 rings (SSSR count). The van der Waals surface area contributed by atoms with Crippen LogP contribution < -0.4 is 9.62 Å². The Kier molecular flexibility index (Phi) is 4.97. The summed E-state index contributed by atoms with van der Waals surface area (Å²) in [7, 11) is -2.16. The van der Waals surface area contributed by atoms with E-state index in [1.165, 1.54) is 17.5 Å². The molecule has 2 heterocycles. The molecule has 0 aliphatic carbocycles. The lowest BCUT2D eigenvalue weighted by atomic mass is 9.99. The second kappa shape index (κ2) is 6.88. The summed E-state index contributed by atoms with van der Waals surface area (Å²) in [5, 5.41) is 4.16. The van der Waals surface area contributed by atoms with Crippen molar-refractivity contribution in [2.24, 2.45) is 13.0 Å². The maximum absolute atomic E-state index is 12.6. The van der Waals surface area contributed by atoms with Gasteiger partial charge in [-0.05, 0) is 49.9 Å². The molecule has 0 spiro atoms. The fourth-order valence-electron chi connectivity index (χ4n) is 3.13. The number of aromatic nitrogens is 2. The van der Waals surface area contributed by atoms with Crippen molar-refractivity contribution in [2.75, 3.05) is 22.7 Å². The summed E-state index contributed by atoms with van der Waals surface area (Å²) in [6.45, 7) is 5.98. The van der Waals surface area contributed by atoms with E-state index in [1.807, 2.05) is 12.1 Å². The van der Waals surface area contributed by atoms with Crippen LogP contribution in [0.4, 0.5) is 11.4 Å². The number of nitrogens with one attached hydrogen (secondary N) is 1. The standard InChI is InChI=1S/C17H23ClN4O2S/c1-12-8-10-22(11-9-12)15-6-4-14(5-7-15)20-25(23,24)16-13(2)19-21(3)17(16)18/h4-7,12,20H,8-11H2,1-3H3. The molecule has 1 N–H and O–H groups in total. The fourth-order valence-corrected chi connectivity index (χ4v) is 4.94. The number of aryl methyl sites for hydroxylation is 2. The molecule has 1 aliphatic rings. The van der Waals surface area contributed by atoms with Gasteiger partial charge in [0.2, 0.25) is 0 Å². The van der Waals surface area contributed by atoms with Crippen molar-refractivity contribution in [1.29, 1.82) is 0 Å². The van der Waals surface area contributed by atoms with Gasteiger partial charge in [-0.1, -0.05) is 18.5 Å². The van der Waals surface area contributed by atoms with E-state index >= 15 is 0 Å². The van der Waals surface area contributed by atoms with Crippen molar-refractivity contribution in [3.05, 3.63) is 35.1 Å². The minimum absolute atomic E-state index is 0.0192. The van der Waals surface area contributed by atoms with Gasteiger partial charge >= 0.3 is 0 Å². The predicted octanol–water partition coefficient (Wildman–Crippen LogP) is 3.42. The molecule has 0 radical (unpaired) electrons. The number of rotatable bonds is 4. The van der Waals surface area contributed by atoms with Crippen LogP contribution in [0.25, 0.3) is 0 Å². The molecule has 1 fully saturated rings. The molecule has 8 heteroatoms. The molecule has 1 aromatic heterocycles. The lowest BCUT2D eigenvalue weighted by molar-refractivity contribution is 0.438. The highest BCUT2D eigenvalue weighted by atomic mass is 35.5. The van der Waals surface area contributed by atoms with Crippen molar-refractivity contribution in [2.45, 2.75) is 31.6 Å². The maximum Gasteiger partial charge on any atom is 0.266 e. The first-order valence-electron chi connectivity index (χ1n) is 8.35. The van der Waals surface area contributed by atoms with Crippen LogP contribution in [0.3, 0.4) is 0 Å². The molecular weight excluding hydrogens is 360 g/mol. The van der Waals surface area contributed by atoms with Crippen LogP contribution in [0.5, 0.6) is 0 Å². The van der Waals surface area contributed by atoms with E-state index in [2.05, 4.69) is 21.6 Å². The Morgan fingerprint density at radius 2 is 1.80 bits per heavy atom. The highest BCUT2D eigenvalue weighted by Gasteiger charge is 2.25. The molecule has 0 unspecified atom stereocenters. The molecule has 0 amide bonds. The average molecular weight is 383 g/mol. The molecule has 25 heavy (non-hydrogen) atoms. The van der Waals surface area contributed by atoms with Crippen LogP contribution in [0.1, 0.15) is 25.5 Å². The van der Waals surface area contributed by atoms with E-state index in [0.717, 1.165) is 24.7 Å². The highest BCUT2D eigenvalue weighted by Crippen LogP contribution is 2.28. The Balaban J connectivity index is 1.77. The first-order chi connectivity index (χ1) is 11.8. The minimum atomic E-state index is -3.78. The van der Waals surface area contributed by atoms with E-state index in [-0.39, 0.29) is 10.0 Å². The third-order valence-electron chi connectivity index (χ3n) is 4.64. The summed E-state index contributed by atoms with van der Waals surface area (Å²) in [6.07, 6.45) is 2.38. The predicted molar refractivity (Wildman–Crippen MR) is 101 cm³/mol. The van der Waals surface area contributed by atoms with Crippen LogP contribution in [0, 0.1) is 12.8 Å². The number of nitrogens with zero attached hydrogens (tertiary/aromatic N) is 3. The topological polar surface area (TPSA) is 67.2 Å². The Bertz CT molecular complexity index is 854. The lowest BCUT2D eigenvalue weighted by Crippen LogP contribution is -2.32. The Hall–Kier alpha value is -1.73. The van der Waals surface area contributed by atoms with E-state index < -0.39 is 10.0 Å². The second-order valence-corrected chi connectivity index (χ2v) is 8.63. The van der Waals surface area contributed by atoms with Crippen LogP contribution in [-0.4, -0.2) is 31.3 Å². The zero-order chi connectivity index (χ0) is 18.2. The number of hydrogen-bond donors (Lipinski definition) is 1. The molecule has 6 nitrogen and oxygen atoms in total. The Morgan fingerprint density at radius 3 is 2.32 bits per heavy atom. The first kappa shape index (κ1) is 18.1. The van der Waals surface area contributed by atoms with Gasteiger partial charge in [-0.2, -0.15) is 5.10 Å². The SMILES string of the molecule is Cc1nn(C)c(Cl)c1S(=O)(=O)Nc1ccc(N2CCC(C)CC2)cc1. The minimum Gasteiger partial charge on any atom is -0.372 e. The maximum atomic E-state index is 12.6. The third-order valence-corrected chi connectivity index (χ3v) is 6.71. The van der Waals surface area contributed by atoms with Gasteiger partial charge in [-0.3, -0.25) is 9.40 Å². The Labute approximate surface area is 153 Å². The summed E-state index contributed by atoms with van der Waals surface area (Å²) in [4.78, 5) is 2.35. The molecule has 1 saturated heterocycles. The monoisotopic (exact) mass is 382 g/mol. The number of halogens is 1. The van der Waals surface area contributed by atoms with Gasteiger partial charge in [0.15, 0.2) is 0 Å². The van der Waals surface area contributed by atoms with Gasteiger partial charge in [0.05, 0.1) is 5.69 Å². The summed E-state index contributed by atoms with van der Waals surface area (Å²) in [6, 6.07) is 7.46. The quantitative estimate of drug-likeness (QED) is 0.879. The zero-order valence-electron chi connectivity index (χ0n) is 14.7. The van der Waals surface area contributed by atoms with E-state index in [0.29, 0.717) is 11.4 Å². The number of hydrogen-bond acceptors (Lipinski definition) is 4. The molecule has 0 bridgehead atoms. The Morgan fingerprint density at radius 1 is 1.20 bits per heavy atom. The van der Waals surface area contributed by atoms with Crippen LogP contribution in [-0.2, 0) is 17.1 Å². The summed E-state index contributed by atoms with van der Waals surface area (Å²) >= 11 is 6.08. The molecule has 136 valence electrons. The number of sulfonamides is 1. The molecule has 0 atom stereocenters. The first-order valence-corrected chi connectivity index (χ1v) is 10.2. The smallest absolute Gasteiger partial charge is 0.266 e. The van der Waals surface area contributed by atoms with Gasteiger partial charge in [0.25, 0.3) is 10.0 Å². The third kappa shape index (κ3) is 3.77. The zero-order valence-corrected chi connectivity index (χ0v) is 16.2. The van der Waals surface area contributed by atoms with Gasteiger partial charge < -0.3 is 4.90 Å². The van der Waals surface area contributed by atoms with E-state index in [4.69, 9.17) is 11.6 Å². The van der Waals surface area contributed by atoms with Gasteiger partial charge in [0.1, 0.15) is 10.0 Å². The number of piperidine rings is 1. The van der Waals surface area contributed by atoms with Crippen molar-refractivity contribution < 1.29 is 8.42 Å². The summed E-state index contributed by atoms with van der Waals surface area (Å²) in [5.74, 6) is 0.773. The fraction of sp³-hybridized carbons (Fsp3) is 0.471. The number of benzene rings is 1. The molecular formula is C17H23ClN4O2S. The average Bonchev–Trinajstić information content (AvgIpc) is 2.82. The highest BCUT2D eigenvalue weighted by molar-refractivity contribution is 7.92. The molecule has 2 aromatic rings. The van der Waals surface area contributed by atoms with Gasteiger partial charge in [-0.15, -0.1) is 0 Å².